The molecule has 0 radical (unpaired) electrons. The standard InChI is InChI=1S/C10H13ClN2O5S.2Na/c1-6(4-10(14)15)12-13-9-5-7(19(16,17)18)2-3-8(9)11;;/h2-3,5-6,12-13H,4H2,1H3,(H,14,15)(H,16,17,18);;/q;2*+1/p-2. The summed E-state index contributed by atoms with van der Waals surface area (Å²) in [5, 5.41) is 10.5. The molecule has 0 heterocycles. The number of benzene rings is 1. The molecule has 1 atom stereocenters. The fourth-order valence-electron chi connectivity index (χ4n) is 1.26. The zero-order chi connectivity index (χ0) is 14.6. The molecule has 0 aliphatic heterocycles. The molecular formula is C10H11ClN2Na2O5S. The van der Waals surface area contributed by atoms with E-state index in [1.807, 2.05) is 0 Å². The van der Waals surface area contributed by atoms with Crippen molar-refractivity contribution in [3.8, 4) is 0 Å². The van der Waals surface area contributed by atoms with Crippen LogP contribution >= 0.6 is 11.6 Å². The fraction of sp³-hybridized carbons (Fsp3) is 0.300. The summed E-state index contributed by atoms with van der Waals surface area (Å²) in [6.45, 7) is 1.57. The molecule has 0 bridgehead atoms. The minimum atomic E-state index is -4.58. The molecular weight excluding hydrogens is 342 g/mol. The third-order valence-corrected chi connectivity index (χ3v) is 3.31. The minimum Gasteiger partial charge on any atom is -0.744 e. The van der Waals surface area contributed by atoms with Crippen molar-refractivity contribution in [3.63, 3.8) is 0 Å². The van der Waals surface area contributed by atoms with Gasteiger partial charge >= 0.3 is 59.1 Å². The van der Waals surface area contributed by atoms with E-state index < -0.39 is 27.0 Å². The van der Waals surface area contributed by atoms with E-state index in [2.05, 4.69) is 10.9 Å². The first-order valence-corrected chi connectivity index (χ1v) is 6.95. The summed E-state index contributed by atoms with van der Waals surface area (Å²) in [6.07, 6.45) is -0.246. The maximum Gasteiger partial charge on any atom is 1.00 e. The number of hydrogen-bond acceptors (Lipinski definition) is 7. The summed E-state index contributed by atoms with van der Waals surface area (Å²) in [5.74, 6) is -1.23. The van der Waals surface area contributed by atoms with Crippen molar-refractivity contribution >= 4 is 33.4 Å². The molecule has 0 amide bonds. The Bertz CT molecular complexity index is 585. The van der Waals surface area contributed by atoms with Crippen LogP contribution in [-0.2, 0) is 14.9 Å². The molecule has 21 heavy (non-hydrogen) atoms. The number of carbonyl (C=O) groups excluding carboxylic acids is 1. The molecule has 11 heteroatoms. The number of carbonyl (C=O) groups is 1. The van der Waals surface area contributed by atoms with Crippen LogP contribution in [0.25, 0.3) is 0 Å². The van der Waals surface area contributed by atoms with Crippen molar-refractivity contribution in [1.82, 2.24) is 5.43 Å². The molecule has 0 saturated carbocycles. The van der Waals surface area contributed by atoms with E-state index in [1.165, 1.54) is 6.07 Å². The molecule has 0 aliphatic carbocycles. The molecule has 0 spiro atoms. The van der Waals surface area contributed by atoms with Gasteiger partial charge in [-0.1, -0.05) is 11.6 Å². The molecule has 0 fully saturated rings. The second-order valence-electron chi connectivity index (χ2n) is 3.84. The van der Waals surface area contributed by atoms with Crippen molar-refractivity contribution in [2.75, 3.05) is 5.43 Å². The van der Waals surface area contributed by atoms with Gasteiger partial charge in [-0.2, -0.15) is 0 Å². The zero-order valence-electron chi connectivity index (χ0n) is 11.8. The van der Waals surface area contributed by atoms with Crippen molar-refractivity contribution in [1.29, 1.82) is 0 Å². The van der Waals surface area contributed by atoms with Gasteiger partial charge in [0, 0.05) is 18.4 Å². The third kappa shape index (κ3) is 8.75. The average Bonchev–Trinajstić information content (AvgIpc) is 2.25. The number of carboxylic acids is 1. The monoisotopic (exact) mass is 352 g/mol. The number of hydrazine groups is 1. The summed E-state index contributed by atoms with van der Waals surface area (Å²) in [6, 6.07) is 2.91. The predicted molar refractivity (Wildman–Crippen MR) is 65.3 cm³/mol. The van der Waals surface area contributed by atoms with Crippen LogP contribution in [-0.4, -0.2) is 25.0 Å². The minimum absolute atomic E-state index is 0. The first-order valence-electron chi connectivity index (χ1n) is 5.17. The third-order valence-electron chi connectivity index (χ3n) is 2.15. The predicted octanol–water partition coefficient (Wildman–Crippen LogP) is -6.30. The van der Waals surface area contributed by atoms with Crippen LogP contribution in [0.2, 0.25) is 5.02 Å². The SMILES string of the molecule is CC(CC(=O)[O-])NNc1cc(S(=O)(=O)[O-])ccc1Cl.[Na+].[Na+]. The van der Waals surface area contributed by atoms with Gasteiger partial charge in [0.05, 0.1) is 15.6 Å². The van der Waals surface area contributed by atoms with Crippen molar-refractivity contribution < 1.29 is 82.0 Å². The van der Waals surface area contributed by atoms with Gasteiger partial charge in [0.2, 0.25) is 0 Å². The molecule has 1 unspecified atom stereocenters. The van der Waals surface area contributed by atoms with Gasteiger partial charge in [-0.25, -0.2) is 13.8 Å². The van der Waals surface area contributed by atoms with E-state index in [1.54, 1.807) is 6.92 Å². The van der Waals surface area contributed by atoms with E-state index in [-0.39, 0.29) is 76.2 Å². The van der Waals surface area contributed by atoms with Crippen molar-refractivity contribution in [3.05, 3.63) is 23.2 Å². The molecule has 0 aromatic heterocycles. The van der Waals surface area contributed by atoms with Gasteiger partial charge in [-0.15, -0.1) is 0 Å². The molecule has 1 rings (SSSR count). The van der Waals surface area contributed by atoms with Gasteiger partial charge in [-0.3, -0.25) is 0 Å². The molecule has 2 N–H and O–H groups in total. The van der Waals surface area contributed by atoms with Gasteiger partial charge in [0.1, 0.15) is 10.1 Å². The van der Waals surface area contributed by atoms with Crippen LogP contribution in [0, 0.1) is 0 Å². The van der Waals surface area contributed by atoms with Crippen LogP contribution in [0.1, 0.15) is 13.3 Å². The van der Waals surface area contributed by atoms with E-state index in [0.717, 1.165) is 12.1 Å². The Morgan fingerprint density at radius 1 is 1.38 bits per heavy atom. The maximum absolute atomic E-state index is 10.8. The van der Waals surface area contributed by atoms with Gasteiger partial charge in [0.25, 0.3) is 0 Å². The number of rotatable bonds is 6. The maximum atomic E-state index is 10.8. The quantitative estimate of drug-likeness (QED) is 0.297. The number of carboxylic acid groups (broad SMARTS) is 1. The van der Waals surface area contributed by atoms with Crippen LogP contribution in [0.15, 0.2) is 23.1 Å². The molecule has 1 aromatic carbocycles. The van der Waals surface area contributed by atoms with Crippen LogP contribution in [0.4, 0.5) is 5.69 Å². The summed E-state index contributed by atoms with van der Waals surface area (Å²) < 4.78 is 32.5. The number of anilines is 1. The van der Waals surface area contributed by atoms with Crippen LogP contribution in [0.3, 0.4) is 0 Å². The summed E-state index contributed by atoms with van der Waals surface area (Å²) in [4.78, 5) is 9.91. The first kappa shape index (κ1) is 23.9. The Hall–Kier alpha value is 0.650. The Kier molecular flexibility index (Phi) is 11.9. The van der Waals surface area contributed by atoms with E-state index in [9.17, 15) is 22.9 Å². The first-order chi connectivity index (χ1) is 8.70. The number of hydrogen-bond donors (Lipinski definition) is 2. The number of halogens is 1. The van der Waals surface area contributed by atoms with Crippen molar-refractivity contribution in [2.45, 2.75) is 24.3 Å². The Balaban J connectivity index is 0. The van der Waals surface area contributed by atoms with Crippen LogP contribution < -0.4 is 75.1 Å². The average molecular weight is 353 g/mol. The molecule has 106 valence electrons. The Morgan fingerprint density at radius 3 is 2.43 bits per heavy atom. The van der Waals surface area contributed by atoms with E-state index >= 15 is 0 Å². The Labute approximate surface area is 172 Å². The van der Waals surface area contributed by atoms with E-state index in [4.69, 9.17) is 11.6 Å². The van der Waals surface area contributed by atoms with E-state index in [0.29, 0.717) is 0 Å². The Morgan fingerprint density at radius 2 is 1.95 bits per heavy atom. The van der Waals surface area contributed by atoms with Gasteiger partial charge < -0.3 is 19.9 Å². The smallest absolute Gasteiger partial charge is 0.744 e. The van der Waals surface area contributed by atoms with Crippen molar-refractivity contribution in [2.24, 2.45) is 0 Å². The second-order valence-corrected chi connectivity index (χ2v) is 5.63. The second kappa shape index (κ2) is 10.4. The molecule has 1 aromatic rings. The largest absolute Gasteiger partial charge is 1.00 e. The van der Waals surface area contributed by atoms with Gasteiger partial charge in [0.15, 0.2) is 0 Å². The normalized spacial score (nSPS) is 11.8. The van der Waals surface area contributed by atoms with Crippen LogP contribution in [0.5, 0.6) is 0 Å². The topological polar surface area (TPSA) is 121 Å². The number of nitrogens with one attached hydrogen (secondary N) is 2. The number of aliphatic carboxylic acids is 1. The zero-order valence-corrected chi connectivity index (χ0v) is 17.4. The fourth-order valence-corrected chi connectivity index (χ4v) is 1.92. The summed E-state index contributed by atoms with van der Waals surface area (Å²) in [7, 11) is -4.58. The molecule has 7 nitrogen and oxygen atoms in total. The summed E-state index contributed by atoms with van der Waals surface area (Å²) >= 11 is 5.81. The molecule has 0 saturated heterocycles. The molecule has 0 aliphatic rings. The summed E-state index contributed by atoms with van der Waals surface area (Å²) in [5.41, 5.74) is 5.31. The van der Waals surface area contributed by atoms with Gasteiger partial charge in [-0.05, 0) is 25.1 Å².